The van der Waals surface area contributed by atoms with Crippen LogP contribution in [0.15, 0.2) is 48.5 Å². The summed E-state index contributed by atoms with van der Waals surface area (Å²) in [6, 6.07) is 10.8. The maximum Gasteiger partial charge on any atom is 0.387 e. The van der Waals surface area contributed by atoms with Crippen LogP contribution >= 0.6 is 0 Å². The molecule has 1 heterocycles. The minimum atomic E-state index is -3.09. The molecule has 43 heavy (non-hydrogen) atoms. The van der Waals surface area contributed by atoms with Gasteiger partial charge in [-0.15, -0.1) is 0 Å². The van der Waals surface area contributed by atoms with Crippen molar-refractivity contribution in [2.45, 2.75) is 58.3 Å². The number of fused-ring (bicyclic) bond motifs is 1. The summed E-state index contributed by atoms with van der Waals surface area (Å²) in [7, 11) is 1.47. The Morgan fingerprint density at radius 3 is 2.58 bits per heavy atom. The second kappa shape index (κ2) is 13.1. The number of rotatable bonds is 12. The van der Waals surface area contributed by atoms with Gasteiger partial charge in [-0.05, 0) is 71.8 Å². The Hall–Kier alpha value is -4.74. The van der Waals surface area contributed by atoms with E-state index in [0.29, 0.717) is 17.5 Å². The number of halogens is 3. The molecule has 3 aromatic rings. The molecule has 12 heteroatoms. The number of hydrogen-bond donors (Lipinski definition) is 4. The number of carbonyl (C=O) groups is 3. The first-order chi connectivity index (χ1) is 20.3. The zero-order chi connectivity index (χ0) is 31.4. The van der Waals surface area contributed by atoms with Crippen molar-refractivity contribution in [2.24, 2.45) is 0 Å². The number of benzene rings is 3. The molecule has 228 valence electrons. The topological polar surface area (TPSA) is 134 Å². The summed E-state index contributed by atoms with van der Waals surface area (Å²) in [6.07, 6.45) is 0.423. The number of nitrogens with one attached hydrogen (secondary N) is 2. The molecule has 1 aliphatic heterocycles. The molecule has 1 unspecified atom stereocenters. The summed E-state index contributed by atoms with van der Waals surface area (Å²) in [6.45, 7) is 0.706. The average molecular weight is 599 g/mol. The zero-order valence-corrected chi connectivity index (χ0v) is 23.9. The lowest BCUT2D eigenvalue weighted by atomic mass is 9.90. The summed E-state index contributed by atoms with van der Waals surface area (Å²) in [5.74, 6) is -2.65. The van der Waals surface area contributed by atoms with Crippen LogP contribution in [0.3, 0.4) is 0 Å². The molecule has 0 saturated heterocycles. The second-order valence-corrected chi connectivity index (χ2v) is 10.6. The number of nitrogen functional groups attached to an aromatic ring is 1. The summed E-state index contributed by atoms with van der Waals surface area (Å²) in [5, 5.41) is 14.7. The van der Waals surface area contributed by atoms with Gasteiger partial charge in [0.05, 0.1) is 5.69 Å². The molecule has 1 aliphatic rings. The fraction of sp³-hybridized carbons (Fsp3) is 0.323. The van der Waals surface area contributed by atoms with E-state index in [1.807, 2.05) is 13.8 Å². The lowest BCUT2D eigenvalue weighted by Gasteiger charge is -2.27. The van der Waals surface area contributed by atoms with Crippen molar-refractivity contribution in [3.8, 4) is 5.75 Å². The number of nitrogens with two attached hydrogens (primary N) is 1. The van der Waals surface area contributed by atoms with Crippen molar-refractivity contribution >= 4 is 29.2 Å². The molecule has 9 nitrogen and oxygen atoms in total. The Labute approximate surface area is 246 Å². The molecule has 0 fully saturated rings. The van der Waals surface area contributed by atoms with Crippen molar-refractivity contribution in [2.75, 3.05) is 18.1 Å². The molecule has 0 saturated carbocycles. The van der Waals surface area contributed by atoms with E-state index in [2.05, 4.69) is 15.4 Å². The zero-order valence-electron chi connectivity index (χ0n) is 23.9. The van der Waals surface area contributed by atoms with Gasteiger partial charge in [0.15, 0.2) is 0 Å². The van der Waals surface area contributed by atoms with E-state index < -0.39 is 30.3 Å². The Bertz CT molecular complexity index is 1550. The smallest absolute Gasteiger partial charge is 0.387 e. The van der Waals surface area contributed by atoms with Gasteiger partial charge in [0.2, 0.25) is 5.91 Å². The maximum absolute atomic E-state index is 15.2. The molecule has 2 amide bonds. The Morgan fingerprint density at radius 2 is 1.91 bits per heavy atom. The summed E-state index contributed by atoms with van der Waals surface area (Å²) < 4.78 is 45.9. The minimum absolute atomic E-state index is 0.00225. The first kappa shape index (κ1) is 31.2. The first-order valence-corrected chi connectivity index (χ1v) is 13.6. The Morgan fingerprint density at radius 1 is 1.16 bits per heavy atom. The number of anilines is 2. The third-order valence-corrected chi connectivity index (χ3v) is 7.46. The fourth-order valence-electron chi connectivity index (χ4n) is 5.21. The van der Waals surface area contributed by atoms with E-state index in [1.165, 1.54) is 42.3 Å². The van der Waals surface area contributed by atoms with Gasteiger partial charge in [-0.25, -0.2) is 4.39 Å². The van der Waals surface area contributed by atoms with Crippen LogP contribution in [-0.4, -0.2) is 41.4 Å². The third-order valence-electron chi connectivity index (χ3n) is 7.46. The number of aryl methyl sites for hydroxylation is 1. The molecule has 0 bridgehead atoms. The molecule has 0 aromatic heterocycles. The van der Waals surface area contributed by atoms with Crippen LogP contribution in [0.25, 0.3) is 0 Å². The number of alkyl halides is 2. The number of carboxylic acid groups (broad SMARTS) is 1. The minimum Gasteiger partial charge on any atom is -0.481 e. The average Bonchev–Trinajstić information content (AvgIpc) is 3.29. The Balaban J connectivity index is 1.69. The molecule has 5 N–H and O–H groups in total. The van der Waals surface area contributed by atoms with Crippen LogP contribution in [0.5, 0.6) is 5.75 Å². The molecule has 3 aromatic carbocycles. The molecule has 0 spiro atoms. The molecule has 0 radical (unpaired) electrons. The maximum atomic E-state index is 15.2. The molecule has 0 aliphatic carbocycles. The van der Waals surface area contributed by atoms with Crippen LogP contribution in [-0.2, 0) is 22.7 Å². The number of nitrogens with zero attached hydrogens (tertiary/aromatic N) is 1. The molecule has 4 rings (SSSR count). The highest BCUT2D eigenvalue weighted by atomic mass is 19.3. The van der Waals surface area contributed by atoms with Gasteiger partial charge in [0.25, 0.3) is 5.91 Å². The van der Waals surface area contributed by atoms with Gasteiger partial charge in [-0.2, -0.15) is 8.78 Å². The number of carbonyl (C=O) groups excluding carboxylic acids is 2. The lowest BCUT2D eigenvalue weighted by molar-refractivity contribution is -0.137. The Kier molecular flexibility index (Phi) is 9.47. The first-order valence-electron chi connectivity index (χ1n) is 13.6. The second-order valence-electron chi connectivity index (χ2n) is 10.6. The van der Waals surface area contributed by atoms with Crippen molar-refractivity contribution in [3.05, 3.63) is 87.7 Å². The lowest BCUT2D eigenvalue weighted by Crippen LogP contribution is -2.35. The predicted molar refractivity (Wildman–Crippen MR) is 154 cm³/mol. The van der Waals surface area contributed by atoms with Gasteiger partial charge in [-0.1, -0.05) is 25.1 Å². The quantitative estimate of drug-likeness (QED) is 0.207. The highest BCUT2D eigenvalue weighted by Crippen LogP contribution is 2.32. The molecular formula is C31H33F3N4O5. The van der Waals surface area contributed by atoms with Crippen molar-refractivity contribution in [1.29, 1.82) is 0 Å². The molecule has 2 atom stereocenters. The SMILES string of the molecule is Cc1cc(C(Nc2cc3c(cc2F)CNC3=O)C(=O)N(C)Cc2cc(N)ccc2OC(F)F)ccc1[C@@H](C)CCC(=O)O. The monoisotopic (exact) mass is 598 g/mol. The fourth-order valence-corrected chi connectivity index (χ4v) is 5.21. The number of aliphatic carboxylic acids is 1. The third kappa shape index (κ3) is 7.37. The van der Waals surface area contributed by atoms with Crippen LogP contribution in [0.1, 0.15) is 69.9 Å². The number of amides is 2. The number of ether oxygens (including phenoxy) is 1. The van der Waals surface area contributed by atoms with Gasteiger partial charge < -0.3 is 31.1 Å². The summed E-state index contributed by atoms with van der Waals surface area (Å²) in [4.78, 5) is 38.6. The summed E-state index contributed by atoms with van der Waals surface area (Å²) in [5.41, 5.74) is 9.29. The van der Waals surface area contributed by atoms with Crippen LogP contribution in [0.4, 0.5) is 24.5 Å². The summed E-state index contributed by atoms with van der Waals surface area (Å²) >= 11 is 0. The van der Waals surface area contributed by atoms with E-state index in [0.717, 1.165) is 11.1 Å². The van der Waals surface area contributed by atoms with Crippen molar-refractivity contribution in [1.82, 2.24) is 10.2 Å². The van der Waals surface area contributed by atoms with E-state index in [-0.39, 0.29) is 59.6 Å². The predicted octanol–water partition coefficient (Wildman–Crippen LogP) is 5.34. The van der Waals surface area contributed by atoms with E-state index >= 15 is 4.39 Å². The normalized spacial score (nSPS) is 13.7. The van der Waals surface area contributed by atoms with Gasteiger partial charge in [-0.3, -0.25) is 14.4 Å². The van der Waals surface area contributed by atoms with Crippen LogP contribution in [0, 0.1) is 12.7 Å². The van der Waals surface area contributed by atoms with Crippen LogP contribution < -0.4 is 21.1 Å². The van der Waals surface area contributed by atoms with E-state index in [4.69, 9.17) is 10.8 Å². The standard InChI is InChI=1S/C31H33F3N4O5/c1-16(4-9-27(39)40)22-7-5-18(10-17(22)2)28(37-25-13-23-19(12-24(25)32)14-36-29(23)41)30(42)38(3)15-20-11-21(35)6-8-26(20)43-31(33)34/h5-8,10-13,16,28,31,37H,4,9,14-15,35H2,1-3H3,(H,36,41)(H,39,40)/t16-,28?/m0/s1. The molecular weight excluding hydrogens is 565 g/mol. The highest BCUT2D eigenvalue weighted by molar-refractivity contribution is 5.99. The van der Waals surface area contributed by atoms with E-state index in [1.54, 1.807) is 18.2 Å². The number of hydrogen-bond acceptors (Lipinski definition) is 6. The van der Waals surface area contributed by atoms with Gasteiger partial charge in [0, 0.05) is 43.4 Å². The largest absolute Gasteiger partial charge is 0.481 e. The van der Waals surface area contributed by atoms with Crippen LogP contribution in [0.2, 0.25) is 0 Å². The number of likely N-dealkylation sites (N-methyl/N-ethyl adjacent to an activating group) is 1. The highest BCUT2D eigenvalue weighted by Gasteiger charge is 2.29. The van der Waals surface area contributed by atoms with Gasteiger partial charge >= 0.3 is 12.6 Å². The van der Waals surface area contributed by atoms with E-state index in [9.17, 15) is 23.2 Å². The van der Waals surface area contributed by atoms with Crippen molar-refractivity contribution < 1.29 is 37.4 Å². The van der Waals surface area contributed by atoms with Gasteiger partial charge in [0.1, 0.15) is 17.6 Å². The number of carboxylic acids is 1. The van der Waals surface area contributed by atoms with Crippen molar-refractivity contribution in [3.63, 3.8) is 0 Å².